The lowest BCUT2D eigenvalue weighted by Crippen LogP contribution is -2.05. The van der Waals surface area contributed by atoms with Gasteiger partial charge in [0.05, 0.1) is 12.1 Å². The van der Waals surface area contributed by atoms with Crippen molar-refractivity contribution in [2.24, 2.45) is 5.92 Å². The Labute approximate surface area is 126 Å². The summed E-state index contributed by atoms with van der Waals surface area (Å²) in [4.78, 5) is 4.59. The molecule has 1 heterocycles. The van der Waals surface area contributed by atoms with E-state index in [1.54, 1.807) is 0 Å². The summed E-state index contributed by atoms with van der Waals surface area (Å²) >= 11 is 0. The molecule has 2 rings (SSSR count). The van der Waals surface area contributed by atoms with Crippen molar-refractivity contribution in [3.05, 3.63) is 35.5 Å². The molecule has 0 aliphatic rings. The number of pyridine rings is 1. The van der Waals surface area contributed by atoms with Crippen molar-refractivity contribution < 1.29 is 4.74 Å². The van der Waals surface area contributed by atoms with Crippen molar-refractivity contribution in [3.63, 3.8) is 0 Å². The highest BCUT2D eigenvalue weighted by atomic mass is 16.5. The first-order valence-electron chi connectivity index (χ1n) is 7.63. The van der Waals surface area contributed by atoms with Gasteiger partial charge in [-0.25, -0.2) is 0 Å². The van der Waals surface area contributed by atoms with Crippen LogP contribution in [0.5, 0.6) is 5.75 Å². The topological polar surface area (TPSA) is 46.0 Å². The molecule has 0 spiro atoms. The van der Waals surface area contributed by atoms with Crippen molar-refractivity contribution in [1.29, 1.82) is 5.41 Å². The van der Waals surface area contributed by atoms with Gasteiger partial charge in [0.1, 0.15) is 5.75 Å². The Bertz CT molecular complexity index is 647. The fraction of sp³-hybridized carbons (Fsp3) is 0.444. The van der Waals surface area contributed by atoms with Crippen molar-refractivity contribution in [2.75, 3.05) is 6.61 Å². The van der Waals surface area contributed by atoms with Gasteiger partial charge in [0.2, 0.25) is 0 Å². The van der Waals surface area contributed by atoms with Crippen LogP contribution in [0.15, 0.2) is 24.3 Å². The molecule has 1 N–H and O–H groups in total. The molecule has 3 nitrogen and oxygen atoms in total. The molecular formula is C18H24N2O. The van der Waals surface area contributed by atoms with Crippen molar-refractivity contribution in [2.45, 2.75) is 40.5 Å². The van der Waals surface area contributed by atoms with Crippen LogP contribution >= 0.6 is 0 Å². The normalized spacial score (nSPS) is 11.1. The standard InChI is InChI=1S/C18H24N2O/c1-5-6-17(19)16-9-13(4)20-18-10-14(7-8-15(16)18)21-11-12(2)3/h7-10,12,19H,5-6,11H2,1-4H3. The number of hydrogen-bond donors (Lipinski definition) is 1. The number of nitrogens with one attached hydrogen (secondary N) is 1. The molecule has 0 atom stereocenters. The molecule has 1 aromatic heterocycles. The minimum Gasteiger partial charge on any atom is -0.493 e. The van der Waals surface area contributed by atoms with E-state index in [9.17, 15) is 0 Å². The SMILES string of the molecule is CCCC(=N)c1cc(C)nc2cc(OCC(C)C)ccc12. The summed E-state index contributed by atoms with van der Waals surface area (Å²) < 4.78 is 5.77. The lowest BCUT2D eigenvalue weighted by Gasteiger charge is -2.12. The zero-order chi connectivity index (χ0) is 15.4. The lowest BCUT2D eigenvalue weighted by atomic mass is 10.0. The van der Waals surface area contributed by atoms with Gasteiger partial charge in [-0.1, -0.05) is 27.2 Å². The highest BCUT2D eigenvalue weighted by Crippen LogP contribution is 2.25. The smallest absolute Gasteiger partial charge is 0.121 e. The van der Waals surface area contributed by atoms with E-state index in [1.165, 1.54) is 0 Å². The Morgan fingerprint density at radius 3 is 2.71 bits per heavy atom. The maximum atomic E-state index is 8.24. The first-order valence-corrected chi connectivity index (χ1v) is 7.63. The number of ether oxygens (including phenoxy) is 1. The van der Waals surface area contributed by atoms with E-state index in [1.807, 2.05) is 31.2 Å². The van der Waals surface area contributed by atoms with Crippen LogP contribution in [0.3, 0.4) is 0 Å². The quantitative estimate of drug-likeness (QED) is 0.778. The third kappa shape index (κ3) is 3.81. The summed E-state index contributed by atoms with van der Waals surface area (Å²) in [6, 6.07) is 7.99. The van der Waals surface area contributed by atoms with Crippen molar-refractivity contribution in [3.8, 4) is 5.75 Å². The molecule has 0 aliphatic heterocycles. The molecule has 2 aromatic rings. The fourth-order valence-corrected chi connectivity index (χ4v) is 2.33. The van der Waals surface area contributed by atoms with E-state index in [2.05, 4.69) is 25.8 Å². The highest BCUT2D eigenvalue weighted by Gasteiger charge is 2.09. The van der Waals surface area contributed by atoms with Gasteiger partial charge in [-0.2, -0.15) is 0 Å². The third-order valence-electron chi connectivity index (χ3n) is 3.32. The van der Waals surface area contributed by atoms with Crippen LogP contribution in [-0.4, -0.2) is 17.3 Å². The van der Waals surface area contributed by atoms with E-state index in [-0.39, 0.29) is 0 Å². The van der Waals surface area contributed by atoms with Crippen molar-refractivity contribution >= 4 is 16.6 Å². The zero-order valence-electron chi connectivity index (χ0n) is 13.4. The maximum Gasteiger partial charge on any atom is 0.121 e. The molecule has 3 heteroatoms. The van der Waals surface area contributed by atoms with Crippen LogP contribution in [0, 0.1) is 18.3 Å². The number of rotatable bonds is 6. The number of benzene rings is 1. The third-order valence-corrected chi connectivity index (χ3v) is 3.32. The molecule has 112 valence electrons. The molecular weight excluding hydrogens is 260 g/mol. The van der Waals surface area contributed by atoms with E-state index in [4.69, 9.17) is 10.1 Å². The minimum atomic E-state index is 0.499. The largest absolute Gasteiger partial charge is 0.493 e. The Morgan fingerprint density at radius 1 is 1.29 bits per heavy atom. The Balaban J connectivity index is 2.41. The van der Waals surface area contributed by atoms with Crippen LogP contribution in [0.1, 0.15) is 44.9 Å². The lowest BCUT2D eigenvalue weighted by molar-refractivity contribution is 0.271. The Morgan fingerprint density at radius 2 is 2.05 bits per heavy atom. The maximum absolute atomic E-state index is 8.24. The monoisotopic (exact) mass is 284 g/mol. The van der Waals surface area contributed by atoms with E-state index in [0.29, 0.717) is 18.2 Å². The predicted octanol–water partition coefficient (Wildman–Crippen LogP) is 4.75. The zero-order valence-corrected chi connectivity index (χ0v) is 13.4. The Kier molecular flexibility index (Phi) is 4.94. The molecule has 0 aliphatic carbocycles. The van der Waals surface area contributed by atoms with E-state index in [0.717, 1.165) is 40.8 Å². The number of fused-ring (bicyclic) bond motifs is 1. The number of aromatic nitrogens is 1. The number of hydrogen-bond acceptors (Lipinski definition) is 3. The Hall–Kier alpha value is -1.90. The van der Waals surface area contributed by atoms with Crippen LogP contribution in [0.25, 0.3) is 10.9 Å². The summed E-state index contributed by atoms with van der Waals surface area (Å²) in [7, 11) is 0. The molecule has 21 heavy (non-hydrogen) atoms. The summed E-state index contributed by atoms with van der Waals surface area (Å²) in [5, 5.41) is 9.28. The van der Waals surface area contributed by atoms with E-state index < -0.39 is 0 Å². The second kappa shape index (κ2) is 6.70. The molecule has 0 bridgehead atoms. The van der Waals surface area contributed by atoms with Gasteiger partial charge < -0.3 is 10.1 Å². The molecule has 0 saturated carbocycles. The number of aryl methyl sites for hydroxylation is 1. The second-order valence-electron chi connectivity index (χ2n) is 5.92. The average molecular weight is 284 g/mol. The molecule has 0 radical (unpaired) electrons. The van der Waals surface area contributed by atoms with Crippen LogP contribution < -0.4 is 4.74 Å². The molecule has 0 saturated heterocycles. The van der Waals surface area contributed by atoms with Crippen LogP contribution in [0.4, 0.5) is 0 Å². The molecule has 0 fully saturated rings. The first kappa shape index (κ1) is 15.5. The number of nitrogens with zero attached hydrogens (tertiary/aromatic N) is 1. The van der Waals surface area contributed by atoms with Crippen molar-refractivity contribution in [1.82, 2.24) is 4.98 Å². The fourth-order valence-electron chi connectivity index (χ4n) is 2.33. The minimum absolute atomic E-state index is 0.499. The van der Waals surface area contributed by atoms with Gasteiger partial charge in [-0.15, -0.1) is 0 Å². The second-order valence-corrected chi connectivity index (χ2v) is 5.92. The molecule has 1 aromatic carbocycles. The van der Waals surface area contributed by atoms with Crippen LogP contribution in [0.2, 0.25) is 0 Å². The van der Waals surface area contributed by atoms with Crippen LogP contribution in [-0.2, 0) is 0 Å². The first-order chi connectivity index (χ1) is 10.0. The molecule has 0 amide bonds. The molecule has 0 unspecified atom stereocenters. The summed E-state index contributed by atoms with van der Waals surface area (Å²) in [6.07, 6.45) is 1.78. The highest BCUT2D eigenvalue weighted by molar-refractivity contribution is 6.08. The summed E-state index contributed by atoms with van der Waals surface area (Å²) in [6.45, 7) is 9.05. The van der Waals surface area contributed by atoms with Gasteiger partial charge in [0.25, 0.3) is 0 Å². The predicted molar refractivity (Wildman–Crippen MR) is 88.5 cm³/mol. The van der Waals surface area contributed by atoms with E-state index >= 15 is 0 Å². The average Bonchev–Trinajstić information content (AvgIpc) is 2.44. The summed E-state index contributed by atoms with van der Waals surface area (Å²) in [5.41, 5.74) is 3.53. The summed E-state index contributed by atoms with van der Waals surface area (Å²) in [5.74, 6) is 1.35. The van der Waals surface area contributed by atoms with Gasteiger partial charge in [0.15, 0.2) is 0 Å². The van der Waals surface area contributed by atoms with Gasteiger partial charge >= 0.3 is 0 Å². The van der Waals surface area contributed by atoms with Gasteiger partial charge in [-0.3, -0.25) is 4.98 Å². The van der Waals surface area contributed by atoms with Gasteiger partial charge in [0, 0.05) is 28.4 Å². The van der Waals surface area contributed by atoms with Gasteiger partial charge in [-0.05, 0) is 37.5 Å².